The number of aromatic amines is 1. The number of hydrogen-bond acceptors (Lipinski definition) is 5. The van der Waals surface area contributed by atoms with Crippen molar-refractivity contribution in [2.24, 2.45) is 0 Å². The lowest BCUT2D eigenvalue weighted by Crippen LogP contribution is -2.43. The highest BCUT2D eigenvalue weighted by molar-refractivity contribution is 8.45. The third-order valence-electron chi connectivity index (χ3n) is 7.19. The third-order valence-corrected chi connectivity index (χ3v) is 8.32. The van der Waals surface area contributed by atoms with Crippen molar-refractivity contribution in [3.8, 4) is 16.9 Å². The van der Waals surface area contributed by atoms with Gasteiger partial charge in [-0.2, -0.15) is 10.2 Å². The Labute approximate surface area is 237 Å². The molecule has 1 amide bonds. The minimum absolute atomic E-state index is 0.0867. The van der Waals surface area contributed by atoms with Crippen molar-refractivity contribution < 1.29 is 24.2 Å². The van der Waals surface area contributed by atoms with Crippen LogP contribution in [0, 0.1) is 13.8 Å². The Morgan fingerprint density at radius 3 is 2.45 bits per heavy atom. The minimum Gasteiger partial charge on any atom is -0.369 e. The molecule has 1 fully saturated rings. The summed E-state index contributed by atoms with van der Waals surface area (Å²) in [7, 11) is -10.1. The summed E-state index contributed by atoms with van der Waals surface area (Å²) in [6.45, 7) is 5.33. The molecule has 5 aromatic rings. The van der Waals surface area contributed by atoms with E-state index in [0.717, 1.165) is 22.5 Å². The molecule has 1 aliphatic heterocycles. The van der Waals surface area contributed by atoms with E-state index < -0.39 is 26.6 Å². The van der Waals surface area contributed by atoms with Gasteiger partial charge >= 0.3 is 10.2 Å². The number of nitrogens with one attached hydrogen (secondary N) is 3. The Hall–Kier alpha value is -4.37. The second-order valence-corrected chi connectivity index (χ2v) is 12.7. The summed E-state index contributed by atoms with van der Waals surface area (Å²) < 4.78 is 73.1. The summed E-state index contributed by atoms with van der Waals surface area (Å²) in [5.41, 5.74) is 4.28. The Morgan fingerprint density at radius 1 is 1.00 bits per heavy atom. The molecule has 0 atom stereocenters. The van der Waals surface area contributed by atoms with Gasteiger partial charge in [-0.15, -0.1) is 0 Å². The summed E-state index contributed by atoms with van der Waals surface area (Å²) in [5, 5.41) is 17.0. The maximum absolute atomic E-state index is 13.9. The maximum Gasteiger partial charge on any atom is 0.310 e. The third kappa shape index (κ3) is 5.32. The van der Waals surface area contributed by atoms with E-state index in [1.54, 1.807) is 40.0 Å². The van der Waals surface area contributed by atoms with Gasteiger partial charge in [-0.25, -0.2) is 4.52 Å². The number of fused-ring (bicyclic) bond motifs is 1. The van der Waals surface area contributed by atoms with E-state index in [9.17, 15) is 24.2 Å². The number of carbonyl (C=O) groups excluding carboxylic acids is 1. The van der Waals surface area contributed by atoms with Crippen LogP contribution in [0.2, 0.25) is 0 Å². The molecular weight excluding hydrogens is 579 g/mol. The van der Waals surface area contributed by atoms with E-state index >= 15 is 0 Å². The van der Waals surface area contributed by atoms with Gasteiger partial charge in [0.05, 0.1) is 23.3 Å². The second-order valence-electron chi connectivity index (χ2n) is 10.3. The molecule has 222 valence electrons. The molecule has 15 heteroatoms. The van der Waals surface area contributed by atoms with Crippen LogP contribution in [0.25, 0.3) is 22.6 Å². The van der Waals surface area contributed by atoms with Crippen LogP contribution < -0.4 is 15.5 Å². The number of carbonyl (C=O) groups is 1. The molecule has 9 nitrogen and oxygen atoms in total. The first-order valence-corrected chi connectivity index (χ1v) is 15.0. The van der Waals surface area contributed by atoms with Crippen LogP contribution in [0.1, 0.15) is 21.6 Å². The summed E-state index contributed by atoms with van der Waals surface area (Å²) >= 11 is 0. The number of amides is 1. The molecule has 1 aliphatic rings. The monoisotopic (exact) mass is 606 g/mol. The Kier molecular flexibility index (Phi) is 6.00. The van der Waals surface area contributed by atoms with E-state index in [4.69, 9.17) is 0 Å². The zero-order chi connectivity index (χ0) is 29.9. The van der Waals surface area contributed by atoms with Gasteiger partial charge in [0.1, 0.15) is 10.5 Å². The van der Waals surface area contributed by atoms with E-state index in [1.165, 1.54) is 6.07 Å². The van der Waals surface area contributed by atoms with Crippen LogP contribution in [0.4, 0.5) is 30.8 Å². The first-order chi connectivity index (χ1) is 19.7. The number of H-pyrrole nitrogens is 1. The van der Waals surface area contributed by atoms with Gasteiger partial charge in [0.2, 0.25) is 0 Å². The Balaban J connectivity index is 1.36. The average molecular weight is 607 g/mol. The summed E-state index contributed by atoms with van der Waals surface area (Å²) in [4.78, 5) is 12.7. The predicted octanol–water partition coefficient (Wildman–Crippen LogP) is 6.45. The maximum atomic E-state index is 13.9. The smallest absolute Gasteiger partial charge is 0.310 e. The Bertz CT molecular complexity index is 1820. The van der Waals surface area contributed by atoms with E-state index in [0.29, 0.717) is 43.6 Å². The SMILES string of the molecule is Cc1ccc(NC(=O)c2cc(N3CCNCC3)cc(S(F)(F)(F)(F)F)c2)cc1-n1cc(C)n2nc(-c3cn[nH]c3)cc12. The minimum atomic E-state index is -10.1. The fraction of sp³-hybridized carbons (Fsp3) is 0.222. The van der Waals surface area contributed by atoms with Gasteiger partial charge < -0.3 is 15.5 Å². The zero-order valence-corrected chi connectivity index (χ0v) is 23.4. The number of anilines is 2. The normalized spacial score (nSPS) is 15.9. The molecule has 0 spiro atoms. The quantitative estimate of drug-likeness (QED) is 0.193. The van der Waals surface area contributed by atoms with Crippen LogP contribution in [0.3, 0.4) is 0 Å². The van der Waals surface area contributed by atoms with Crippen molar-refractivity contribution in [1.82, 2.24) is 29.7 Å². The molecule has 0 bridgehead atoms. The number of benzene rings is 2. The highest BCUT2D eigenvalue weighted by Crippen LogP contribution is 3.02. The molecule has 1 saturated heterocycles. The molecule has 3 aromatic heterocycles. The lowest BCUT2D eigenvalue weighted by atomic mass is 10.1. The summed E-state index contributed by atoms with van der Waals surface area (Å²) in [6.07, 6.45) is 5.25. The fourth-order valence-corrected chi connectivity index (χ4v) is 5.72. The second kappa shape index (κ2) is 9.06. The number of nitrogens with zero attached hydrogens (tertiary/aromatic N) is 5. The molecule has 6 rings (SSSR count). The zero-order valence-electron chi connectivity index (χ0n) is 22.5. The highest BCUT2D eigenvalue weighted by atomic mass is 32.5. The summed E-state index contributed by atoms with van der Waals surface area (Å²) in [5.74, 6) is -0.940. The average Bonchev–Trinajstić information content (AvgIpc) is 3.67. The molecular formula is C27H27F5N8OS. The fourth-order valence-electron chi connectivity index (χ4n) is 5.03. The number of halogens is 5. The van der Waals surface area contributed by atoms with Crippen molar-refractivity contribution in [2.45, 2.75) is 18.7 Å². The van der Waals surface area contributed by atoms with E-state index in [2.05, 4.69) is 25.9 Å². The molecule has 42 heavy (non-hydrogen) atoms. The van der Waals surface area contributed by atoms with Crippen LogP contribution in [0.15, 0.2) is 66.0 Å². The van der Waals surface area contributed by atoms with Crippen molar-refractivity contribution in [1.29, 1.82) is 0 Å². The first kappa shape index (κ1) is 27.8. The standard InChI is InChI=1S/C27H27F5N8OS/c1-17-3-4-21(11-25(17)39-16-18(2)40-26(39)13-24(37-40)20-14-34-35-15-20)36-27(41)19-9-22(38-7-5-33-6-8-38)12-23(10-19)42(28,29,30,31)32/h3-4,9-16,33H,5-8H2,1-2H3,(H,34,35)(H,36,41). The number of aryl methyl sites for hydroxylation is 2. The first-order valence-electron chi connectivity index (χ1n) is 13.0. The topological polar surface area (TPSA) is 95.3 Å². The largest absolute Gasteiger partial charge is 0.369 e. The van der Waals surface area contributed by atoms with Gasteiger partial charge in [0.15, 0.2) is 0 Å². The van der Waals surface area contributed by atoms with Crippen LogP contribution >= 0.6 is 10.2 Å². The predicted molar refractivity (Wildman–Crippen MR) is 152 cm³/mol. The number of hydrogen-bond donors (Lipinski definition) is 3. The molecule has 4 heterocycles. The molecule has 0 saturated carbocycles. The molecule has 0 radical (unpaired) electrons. The summed E-state index contributed by atoms with van der Waals surface area (Å²) in [6, 6.07) is 8.77. The van der Waals surface area contributed by atoms with Gasteiger partial charge in [-0.05, 0) is 49.7 Å². The van der Waals surface area contributed by atoms with Crippen LogP contribution in [0.5, 0.6) is 0 Å². The van der Waals surface area contributed by atoms with Crippen molar-refractivity contribution in [3.05, 3.63) is 77.9 Å². The van der Waals surface area contributed by atoms with Crippen molar-refractivity contribution >= 4 is 33.2 Å². The van der Waals surface area contributed by atoms with Gasteiger partial charge in [-0.3, -0.25) is 14.5 Å². The van der Waals surface area contributed by atoms with Gasteiger partial charge in [0.25, 0.3) is 5.91 Å². The lowest BCUT2D eigenvalue weighted by molar-refractivity contribution is 0.102. The van der Waals surface area contributed by atoms with Gasteiger partial charge in [0, 0.05) is 67.1 Å². The number of aromatic nitrogens is 5. The molecule has 0 aliphatic carbocycles. The van der Waals surface area contributed by atoms with Crippen LogP contribution in [-0.4, -0.2) is 56.5 Å². The number of piperazine rings is 1. The molecule has 2 aromatic carbocycles. The Morgan fingerprint density at radius 2 is 1.76 bits per heavy atom. The van der Waals surface area contributed by atoms with Crippen LogP contribution in [-0.2, 0) is 0 Å². The van der Waals surface area contributed by atoms with Crippen molar-refractivity contribution in [3.63, 3.8) is 0 Å². The van der Waals surface area contributed by atoms with E-state index in [-0.39, 0.29) is 17.4 Å². The highest BCUT2D eigenvalue weighted by Gasteiger charge is 2.65. The molecule has 0 unspecified atom stereocenters. The number of imidazole rings is 1. The molecule has 3 N–H and O–H groups in total. The van der Waals surface area contributed by atoms with Gasteiger partial charge in [-0.1, -0.05) is 25.5 Å². The number of rotatable bonds is 6. The lowest BCUT2D eigenvalue weighted by Gasteiger charge is -2.41. The van der Waals surface area contributed by atoms with Crippen molar-refractivity contribution in [2.75, 3.05) is 36.4 Å². The van der Waals surface area contributed by atoms with E-state index in [1.807, 2.05) is 30.7 Å².